The number of nitrogens with two attached hydrogens (primary N) is 1. The number of amidine groups is 1. The van der Waals surface area contributed by atoms with Crippen LogP contribution in [0.4, 0.5) is 0 Å². The first-order valence-electron chi connectivity index (χ1n) is 16.8. The number of aliphatic imine (C=N–C) groups is 1. The normalized spacial score (nSPS) is 21.2. The molecule has 254 valence electrons. The quantitative estimate of drug-likeness (QED) is 0.1000. The highest BCUT2D eigenvalue weighted by Crippen LogP contribution is 2.50. The van der Waals surface area contributed by atoms with Crippen LogP contribution in [-0.4, -0.2) is 46.6 Å². The van der Waals surface area contributed by atoms with Gasteiger partial charge in [-0.3, -0.25) is 14.6 Å². The largest absolute Gasteiger partial charge is 0.491 e. The minimum Gasteiger partial charge on any atom is -0.491 e. The summed E-state index contributed by atoms with van der Waals surface area (Å²) in [5.74, 6) is 0.942. The maximum absolute atomic E-state index is 14.8. The van der Waals surface area contributed by atoms with Gasteiger partial charge in [0, 0.05) is 11.1 Å². The molecule has 0 saturated heterocycles. The summed E-state index contributed by atoms with van der Waals surface area (Å²) in [5.41, 5.74) is 14.8. The SMILES string of the molecule is CC(C)Oc1cccc(C2=NC3(CCC(C(C)(C)C)CC3)N([C@H](CCC(C)(C)C)c3ccc(C(=O)NCC(N)=NN=N)cc3)C2=O)c1. The van der Waals surface area contributed by atoms with Crippen LogP contribution in [0, 0.1) is 22.3 Å². The molecule has 47 heavy (non-hydrogen) atoms. The van der Waals surface area contributed by atoms with Gasteiger partial charge in [0.1, 0.15) is 23.0 Å². The Morgan fingerprint density at radius 3 is 2.34 bits per heavy atom. The first-order chi connectivity index (χ1) is 22.0. The average Bonchev–Trinajstić information content (AvgIpc) is 3.26. The van der Waals surface area contributed by atoms with Gasteiger partial charge in [0.15, 0.2) is 0 Å². The summed E-state index contributed by atoms with van der Waals surface area (Å²) in [6.45, 7) is 17.5. The Bertz CT molecular complexity index is 1490. The molecule has 0 unspecified atom stereocenters. The van der Waals surface area contributed by atoms with Crippen LogP contribution >= 0.6 is 0 Å². The maximum Gasteiger partial charge on any atom is 0.275 e. The van der Waals surface area contributed by atoms with Gasteiger partial charge in [-0.1, -0.05) is 71.0 Å². The van der Waals surface area contributed by atoms with E-state index in [1.165, 1.54) is 0 Å². The van der Waals surface area contributed by atoms with Crippen molar-refractivity contribution in [1.29, 1.82) is 5.53 Å². The first-order valence-corrected chi connectivity index (χ1v) is 16.8. The van der Waals surface area contributed by atoms with Gasteiger partial charge in [-0.15, -0.1) is 5.10 Å². The van der Waals surface area contributed by atoms with E-state index >= 15 is 0 Å². The topological polar surface area (TPSA) is 146 Å². The summed E-state index contributed by atoms with van der Waals surface area (Å²) < 4.78 is 5.99. The smallest absolute Gasteiger partial charge is 0.275 e. The number of nitrogens with zero attached hydrogens (tertiary/aromatic N) is 4. The van der Waals surface area contributed by atoms with Crippen molar-refractivity contribution in [1.82, 2.24) is 10.2 Å². The molecule has 1 fully saturated rings. The molecule has 0 bridgehead atoms. The Kier molecular flexibility index (Phi) is 10.9. The number of amides is 2. The second kappa shape index (κ2) is 14.4. The lowest BCUT2D eigenvalue weighted by Crippen LogP contribution is -2.51. The van der Waals surface area contributed by atoms with Gasteiger partial charge in [0.2, 0.25) is 0 Å². The van der Waals surface area contributed by atoms with Crippen LogP contribution in [0.15, 0.2) is 63.8 Å². The summed E-state index contributed by atoms with van der Waals surface area (Å²) in [6, 6.07) is 15.0. The predicted molar refractivity (Wildman–Crippen MR) is 187 cm³/mol. The van der Waals surface area contributed by atoms with Crippen molar-refractivity contribution in [3.8, 4) is 5.75 Å². The molecule has 1 heterocycles. The molecule has 10 heteroatoms. The number of carbonyl (C=O) groups is 2. The van der Waals surface area contributed by atoms with E-state index in [1.807, 2.05) is 50.2 Å². The lowest BCUT2D eigenvalue weighted by molar-refractivity contribution is -0.134. The van der Waals surface area contributed by atoms with Crippen molar-refractivity contribution in [3.63, 3.8) is 0 Å². The molecular formula is C37H53N7O3. The summed E-state index contributed by atoms with van der Waals surface area (Å²) >= 11 is 0. The van der Waals surface area contributed by atoms with Gasteiger partial charge < -0.3 is 20.7 Å². The average molecular weight is 644 g/mol. The van der Waals surface area contributed by atoms with Gasteiger partial charge in [-0.25, -0.2) is 0 Å². The van der Waals surface area contributed by atoms with Crippen LogP contribution < -0.4 is 15.8 Å². The molecule has 0 radical (unpaired) electrons. The van der Waals surface area contributed by atoms with E-state index < -0.39 is 5.66 Å². The van der Waals surface area contributed by atoms with Crippen LogP contribution in [0.1, 0.15) is 121 Å². The fourth-order valence-corrected chi connectivity index (χ4v) is 6.76. The fourth-order valence-electron chi connectivity index (χ4n) is 6.76. The summed E-state index contributed by atoms with van der Waals surface area (Å²) in [5, 5.41) is 9.05. The van der Waals surface area contributed by atoms with Crippen molar-refractivity contribution in [2.45, 2.75) is 112 Å². The van der Waals surface area contributed by atoms with Gasteiger partial charge in [-0.2, -0.15) is 5.53 Å². The molecule has 2 aromatic rings. The minimum atomic E-state index is -0.651. The highest BCUT2D eigenvalue weighted by atomic mass is 16.5. The molecular weight excluding hydrogens is 590 g/mol. The van der Waals surface area contributed by atoms with Crippen LogP contribution in [0.2, 0.25) is 0 Å². The molecule has 1 atom stereocenters. The number of ether oxygens (including phenoxy) is 1. The summed E-state index contributed by atoms with van der Waals surface area (Å²) in [7, 11) is 0. The molecule has 1 saturated carbocycles. The Labute approximate surface area is 280 Å². The third-order valence-corrected chi connectivity index (χ3v) is 9.33. The second-order valence-corrected chi connectivity index (χ2v) is 15.6. The Balaban J connectivity index is 1.74. The van der Waals surface area contributed by atoms with Gasteiger partial charge >= 0.3 is 0 Å². The molecule has 10 nitrogen and oxygen atoms in total. The number of hydrogen-bond donors (Lipinski definition) is 3. The van der Waals surface area contributed by atoms with Crippen molar-refractivity contribution < 1.29 is 14.3 Å². The van der Waals surface area contributed by atoms with Gasteiger partial charge in [0.25, 0.3) is 11.8 Å². The van der Waals surface area contributed by atoms with E-state index in [0.29, 0.717) is 17.2 Å². The predicted octanol–water partition coefficient (Wildman–Crippen LogP) is 7.64. The number of carbonyl (C=O) groups excluding carboxylic acids is 2. The van der Waals surface area contributed by atoms with Crippen LogP contribution in [-0.2, 0) is 4.79 Å². The standard InChI is InChI=1S/C37H53N7O3/c1-24(2)47-29-11-9-10-27(22-29)32-34(46)44(37(41-32)20-16-28(17-21-37)36(6,7)8)30(18-19-35(3,4)5)25-12-14-26(15-13-25)33(45)40-23-31(38)42-43-39/h9-15,22,24,28,30H,16-21,23H2,1-8H3,(H,40,45)(H3,38,39,42)/t28?,30-,37?/m1/s1. The zero-order chi connectivity index (χ0) is 34.6. The Morgan fingerprint density at radius 1 is 1.11 bits per heavy atom. The Hall–Kier alpha value is -4.08. The third-order valence-electron chi connectivity index (χ3n) is 9.33. The van der Waals surface area contributed by atoms with Crippen LogP contribution in [0.25, 0.3) is 0 Å². The second-order valence-electron chi connectivity index (χ2n) is 15.6. The van der Waals surface area contributed by atoms with E-state index in [4.69, 9.17) is 21.0 Å². The van der Waals surface area contributed by atoms with Crippen molar-refractivity contribution >= 4 is 23.4 Å². The molecule has 1 spiro atoms. The molecule has 1 aliphatic heterocycles. The van der Waals surface area contributed by atoms with E-state index in [-0.39, 0.29) is 47.2 Å². The molecule has 1 aliphatic carbocycles. The van der Waals surface area contributed by atoms with Crippen molar-refractivity contribution in [2.24, 2.45) is 37.8 Å². The molecule has 4 N–H and O–H groups in total. The molecule has 2 aliphatic rings. The van der Waals surface area contributed by atoms with E-state index in [9.17, 15) is 9.59 Å². The molecule has 2 amide bonds. The maximum atomic E-state index is 14.8. The van der Waals surface area contributed by atoms with Gasteiger partial charge in [-0.05, 0) is 98.9 Å². The van der Waals surface area contributed by atoms with Crippen molar-refractivity contribution in [2.75, 3.05) is 6.54 Å². The van der Waals surface area contributed by atoms with Gasteiger partial charge in [0.05, 0.1) is 18.7 Å². The van der Waals surface area contributed by atoms with E-state index in [1.54, 1.807) is 12.1 Å². The molecule has 2 aromatic carbocycles. The van der Waals surface area contributed by atoms with E-state index in [2.05, 4.69) is 62.1 Å². The van der Waals surface area contributed by atoms with Crippen molar-refractivity contribution in [3.05, 3.63) is 65.2 Å². The highest BCUT2D eigenvalue weighted by Gasteiger charge is 2.52. The molecule has 0 aromatic heterocycles. The van der Waals surface area contributed by atoms with Crippen LogP contribution in [0.3, 0.4) is 0 Å². The number of nitrogens with one attached hydrogen (secondary N) is 2. The summed E-state index contributed by atoms with van der Waals surface area (Å²) in [4.78, 5) is 35.1. The minimum absolute atomic E-state index is 0.0121. The zero-order valence-corrected chi connectivity index (χ0v) is 29.4. The zero-order valence-electron chi connectivity index (χ0n) is 29.4. The monoisotopic (exact) mass is 643 g/mol. The summed E-state index contributed by atoms with van der Waals surface area (Å²) in [6.07, 6.45) is 5.25. The molecule has 4 rings (SSSR count). The van der Waals surface area contributed by atoms with Crippen LogP contribution in [0.5, 0.6) is 5.75 Å². The number of rotatable bonds is 11. The number of benzene rings is 2. The highest BCUT2D eigenvalue weighted by molar-refractivity contribution is 6.46. The van der Waals surface area contributed by atoms with E-state index in [0.717, 1.165) is 55.4 Å². The third kappa shape index (κ3) is 8.84. The lowest BCUT2D eigenvalue weighted by atomic mass is 9.69. The number of hydrogen-bond acceptors (Lipinski definition) is 6. The lowest BCUT2D eigenvalue weighted by Gasteiger charge is -2.47. The Morgan fingerprint density at radius 2 is 1.77 bits per heavy atom. The fraction of sp³-hybridized carbons (Fsp3) is 0.568. The first kappa shape index (κ1) is 35.8.